The van der Waals surface area contributed by atoms with Gasteiger partial charge in [0.05, 0.1) is 0 Å². The van der Waals surface area contributed by atoms with Crippen LogP contribution in [0.3, 0.4) is 0 Å². The van der Waals surface area contributed by atoms with Gasteiger partial charge in [-0.05, 0) is 40.9 Å². The molecule has 0 unspecified atom stereocenters. The molecule has 1 amide bonds. The highest BCUT2D eigenvalue weighted by Gasteiger charge is 2.16. The van der Waals surface area contributed by atoms with Gasteiger partial charge in [-0.2, -0.15) is 0 Å². The van der Waals surface area contributed by atoms with Crippen molar-refractivity contribution in [1.29, 1.82) is 0 Å². The van der Waals surface area contributed by atoms with Crippen molar-refractivity contribution in [3.05, 3.63) is 77.1 Å². The summed E-state index contributed by atoms with van der Waals surface area (Å²) in [5, 5.41) is 12.1. The lowest BCUT2D eigenvalue weighted by atomic mass is 9.87. The van der Waals surface area contributed by atoms with E-state index in [9.17, 15) is 4.79 Å². The lowest BCUT2D eigenvalue weighted by Gasteiger charge is -2.19. The number of aryl methyl sites for hydroxylation is 1. The van der Waals surface area contributed by atoms with Crippen LogP contribution in [-0.4, -0.2) is 25.9 Å². The lowest BCUT2D eigenvalue weighted by molar-refractivity contribution is 0.0977. The van der Waals surface area contributed by atoms with Gasteiger partial charge in [-0.3, -0.25) is 15.5 Å². The number of thiocarbonyl (C=S) groups is 1. The monoisotopic (exact) mass is 453 g/mol. The van der Waals surface area contributed by atoms with Crippen molar-refractivity contribution < 1.29 is 4.79 Å². The number of carbonyl (C=O) groups excluding carboxylic acids is 1. The number of aromatic nitrogens is 3. The molecule has 1 aromatic heterocycles. The van der Waals surface area contributed by atoms with Crippen LogP contribution >= 0.6 is 24.0 Å². The summed E-state index contributed by atoms with van der Waals surface area (Å²) < 4.78 is 1.74. The average Bonchev–Trinajstić information content (AvgIpc) is 3.13. The zero-order valence-electron chi connectivity index (χ0n) is 18.2. The van der Waals surface area contributed by atoms with Crippen LogP contribution in [0.5, 0.6) is 0 Å². The van der Waals surface area contributed by atoms with E-state index >= 15 is 0 Å². The first-order valence-corrected chi connectivity index (χ1v) is 11.5. The number of thioether (sulfide) groups is 1. The van der Waals surface area contributed by atoms with Crippen LogP contribution in [-0.2, 0) is 17.6 Å². The Balaban J connectivity index is 1.65. The summed E-state index contributed by atoms with van der Waals surface area (Å²) in [6, 6.07) is 17.7. The molecule has 0 saturated carbocycles. The molecule has 3 rings (SSSR count). The van der Waals surface area contributed by atoms with Crippen molar-refractivity contribution in [1.82, 2.24) is 20.2 Å². The normalized spacial score (nSPS) is 11.2. The summed E-state index contributed by atoms with van der Waals surface area (Å²) in [5.41, 5.74) is 5.99. The molecule has 2 N–H and O–H groups in total. The number of benzene rings is 2. The summed E-state index contributed by atoms with van der Waals surface area (Å²) in [7, 11) is 0. The summed E-state index contributed by atoms with van der Waals surface area (Å²) >= 11 is 6.93. The van der Waals surface area contributed by atoms with E-state index in [0.717, 1.165) is 11.6 Å². The number of hydrogen-bond acceptors (Lipinski definition) is 5. The maximum Gasteiger partial charge on any atom is 0.257 e. The summed E-state index contributed by atoms with van der Waals surface area (Å²) in [4.78, 5) is 12.6. The smallest absolute Gasteiger partial charge is 0.257 e. The van der Waals surface area contributed by atoms with Crippen LogP contribution in [0.15, 0.2) is 59.8 Å². The molecule has 0 atom stereocenters. The zero-order valence-corrected chi connectivity index (χ0v) is 19.8. The number of carbonyl (C=O) groups is 1. The molecule has 0 aliphatic rings. The number of nitrogens with one attached hydrogen (secondary N) is 2. The van der Waals surface area contributed by atoms with Gasteiger partial charge in [0.25, 0.3) is 5.91 Å². The molecule has 162 valence electrons. The van der Waals surface area contributed by atoms with Crippen LogP contribution in [0.1, 0.15) is 55.0 Å². The highest BCUT2D eigenvalue weighted by molar-refractivity contribution is 7.98. The third kappa shape index (κ3) is 6.15. The second-order valence-electron chi connectivity index (χ2n) is 8.08. The van der Waals surface area contributed by atoms with Crippen LogP contribution in [0.4, 0.5) is 0 Å². The largest absolute Gasteiger partial charge is 0.298 e. The molecule has 0 aliphatic heterocycles. The Kier molecular flexibility index (Phi) is 7.46. The minimum atomic E-state index is -0.262. The first kappa shape index (κ1) is 23.0. The van der Waals surface area contributed by atoms with E-state index in [-0.39, 0.29) is 16.4 Å². The fourth-order valence-corrected chi connectivity index (χ4v) is 3.93. The number of rotatable bonds is 6. The Morgan fingerprint density at radius 3 is 2.35 bits per heavy atom. The Morgan fingerprint density at radius 2 is 1.74 bits per heavy atom. The molecule has 1 heterocycles. The van der Waals surface area contributed by atoms with Gasteiger partial charge < -0.3 is 0 Å². The number of amides is 1. The minimum Gasteiger partial charge on any atom is -0.298 e. The standard InChI is InChI=1S/C23H27N5OS2/c1-5-19-25-26-22(31-15-16-9-7-6-8-10-16)28(19)27-21(30)24-20(29)17-11-13-18(14-12-17)23(2,3)4/h6-14H,5,15H2,1-4H3,(H2,24,27,29,30). The Morgan fingerprint density at radius 1 is 1.06 bits per heavy atom. The van der Waals surface area contributed by atoms with Gasteiger partial charge in [0, 0.05) is 17.7 Å². The molecular weight excluding hydrogens is 426 g/mol. The predicted octanol–water partition coefficient (Wildman–Crippen LogP) is 4.69. The number of hydrogen-bond donors (Lipinski definition) is 2. The Bertz CT molecular complexity index is 1040. The maximum atomic E-state index is 12.6. The van der Waals surface area contributed by atoms with E-state index < -0.39 is 0 Å². The molecule has 2 aromatic carbocycles. The quantitative estimate of drug-likeness (QED) is 0.417. The third-order valence-electron chi connectivity index (χ3n) is 4.68. The van der Waals surface area contributed by atoms with Gasteiger partial charge >= 0.3 is 0 Å². The molecule has 31 heavy (non-hydrogen) atoms. The molecule has 0 aliphatic carbocycles. The second kappa shape index (κ2) is 10.1. The molecule has 3 aromatic rings. The van der Waals surface area contributed by atoms with Gasteiger partial charge in [-0.25, -0.2) is 4.68 Å². The van der Waals surface area contributed by atoms with Crippen LogP contribution < -0.4 is 10.7 Å². The van der Waals surface area contributed by atoms with E-state index in [2.05, 4.69) is 53.8 Å². The van der Waals surface area contributed by atoms with Crippen molar-refractivity contribution in [2.75, 3.05) is 5.43 Å². The fraction of sp³-hybridized carbons (Fsp3) is 0.304. The SMILES string of the molecule is CCc1nnc(SCc2ccccc2)n1NC(=S)NC(=O)c1ccc(C(C)(C)C)cc1. The molecule has 0 bridgehead atoms. The van der Waals surface area contributed by atoms with Crippen LogP contribution in [0.25, 0.3) is 0 Å². The predicted molar refractivity (Wildman–Crippen MR) is 130 cm³/mol. The minimum absolute atomic E-state index is 0.0324. The van der Waals surface area contributed by atoms with E-state index in [4.69, 9.17) is 12.2 Å². The molecular formula is C23H27N5OS2. The van der Waals surface area contributed by atoms with E-state index in [1.165, 1.54) is 11.1 Å². The van der Waals surface area contributed by atoms with Gasteiger partial charge in [-0.15, -0.1) is 10.2 Å². The lowest BCUT2D eigenvalue weighted by Crippen LogP contribution is -2.38. The van der Waals surface area contributed by atoms with E-state index in [0.29, 0.717) is 17.1 Å². The maximum absolute atomic E-state index is 12.6. The van der Waals surface area contributed by atoms with Crippen molar-refractivity contribution in [2.24, 2.45) is 0 Å². The van der Waals surface area contributed by atoms with Gasteiger partial charge in [0.1, 0.15) is 0 Å². The molecule has 0 radical (unpaired) electrons. The highest BCUT2D eigenvalue weighted by atomic mass is 32.2. The van der Waals surface area contributed by atoms with E-state index in [1.807, 2.05) is 49.4 Å². The molecule has 8 heteroatoms. The van der Waals surface area contributed by atoms with E-state index in [1.54, 1.807) is 16.4 Å². The van der Waals surface area contributed by atoms with Gasteiger partial charge in [0.15, 0.2) is 10.9 Å². The van der Waals surface area contributed by atoms with Gasteiger partial charge in [-0.1, -0.05) is 81.9 Å². The van der Waals surface area contributed by atoms with Crippen molar-refractivity contribution in [2.45, 2.75) is 50.4 Å². The molecule has 6 nitrogen and oxygen atoms in total. The summed E-state index contributed by atoms with van der Waals surface area (Å²) in [5.74, 6) is 1.23. The fourth-order valence-electron chi connectivity index (χ4n) is 2.88. The van der Waals surface area contributed by atoms with Crippen LogP contribution in [0.2, 0.25) is 0 Å². The Hall–Kier alpha value is -2.71. The first-order valence-electron chi connectivity index (χ1n) is 10.1. The third-order valence-corrected chi connectivity index (χ3v) is 5.87. The zero-order chi connectivity index (χ0) is 22.4. The molecule has 0 fully saturated rings. The topological polar surface area (TPSA) is 71.8 Å². The highest BCUT2D eigenvalue weighted by Crippen LogP contribution is 2.23. The van der Waals surface area contributed by atoms with Gasteiger partial charge in [0.2, 0.25) is 5.16 Å². The van der Waals surface area contributed by atoms with Crippen molar-refractivity contribution in [3.8, 4) is 0 Å². The van der Waals surface area contributed by atoms with Crippen molar-refractivity contribution >= 4 is 35.0 Å². The van der Waals surface area contributed by atoms with Crippen molar-refractivity contribution in [3.63, 3.8) is 0 Å². The first-order chi connectivity index (χ1) is 14.8. The average molecular weight is 454 g/mol. The summed E-state index contributed by atoms with van der Waals surface area (Å²) in [6.45, 7) is 8.41. The van der Waals surface area contributed by atoms with Crippen LogP contribution in [0, 0.1) is 0 Å². The Labute approximate surface area is 192 Å². The molecule has 0 spiro atoms. The second-order valence-corrected chi connectivity index (χ2v) is 9.44. The number of nitrogens with zero attached hydrogens (tertiary/aromatic N) is 3. The summed E-state index contributed by atoms with van der Waals surface area (Å²) in [6.07, 6.45) is 0.677. The molecule has 0 saturated heterocycles.